The number of carbonyl (C=O) groups is 1. The van der Waals surface area contributed by atoms with Crippen molar-refractivity contribution in [3.8, 4) is 17.0 Å². The molecular formula is C22H21N5O3. The highest BCUT2D eigenvalue weighted by molar-refractivity contribution is 5.80. The molecule has 1 N–H and O–H groups in total. The van der Waals surface area contributed by atoms with E-state index in [1.807, 2.05) is 48.5 Å². The molecule has 0 aliphatic carbocycles. The summed E-state index contributed by atoms with van der Waals surface area (Å²) in [5.41, 5.74) is 3.07. The van der Waals surface area contributed by atoms with Crippen LogP contribution in [0.1, 0.15) is 0 Å². The second-order valence-corrected chi connectivity index (χ2v) is 6.72. The van der Waals surface area contributed by atoms with Gasteiger partial charge in [-0.05, 0) is 42.5 Å². The number of nitrogens with one attached hydrogen (secondary N) is 1. The maximum atomic E-state index is 12.3. The molecule has 0 aliphatic heterocycles. The molecule has 2 aromatic heterocycles. The lowest BCUT2D eigenvalue weighted by Gasteiger charge is -2.09. The molecule has 0 aliphatic rings. The van der Waals surface area contributed by atoms with Crippen LogP contribution < -0.4 is 15.6 Å². The van der Waals surface area contributed by atoms with Crippen molar-refractivity contribution in [2.75, 3.05) is 13.7 Å². The second kappa shape index (κ2) is 8.60. The predicted molar refractivity (Wildman–Crippen MR) is 113 cm³/mol. The molecule has 1 amide bonds. The molecule has 8 nitrogen and oxygen atoms in total. The van der Waals surface area contributed by atoms with Gasteiger partial charge in [0.25, 0.3) is 5.56 Å². The van der Waals surface area contributed by atoms with Gasteiger partial charge in [0.1, 0.15) is 12.3 Å². The van der Waals surface area contributed by atoms with E-state index in [2.05, 4.69) is 15.4 Å². The van der Waals surface area contributed by atoms with Gasteiger partial charge in [-0.25, -0.2) is 9.67 Å². The summed E-state index contributed by atoms with van der Waals surface area (Å²) in [4.78, 5) is 28.7. The Morgan fingerprint density at radius 3 is 2.67 bits per heavy atom. The predicted octanol–water partition coefficient (Wildman–Crippen LogP) is 2.08. The summed E-state index contributed by atoms with van der Waals surface area (Å²) in [7, 11) is 1.61. The molecule has 8 heteroatoms. The van der Waals surface area contributed by atoms with Crippen LogP contribution >= 0.6 is 0 Å². The Kier molecular flexibility index (Phi) is 5.56. The maximum Gasteiger partial charge on any atom is 0.266 e. The van der Waals surface area contributed by atoms with Gasteiger partial charge < -0.3 is 14.6 Å². The zero-order valence-corrected chi connectivity index (χ0v) is 16.5. The van der Waals surface area contributed by atoms with Crippen molar-refractivity contribution in [1.82, 2.24) is 24.6 Å². The number of benzene rings is 2. The minimum Gasteiger partial charge on any atom is -0.497 e. The van der Waals surface area contributed by atoms with Crippen LogP contribution in [0.3, 0.4) is 0 Å². The Bertz CT molecular complexity index is 1230. The molecule has 30 heavy (non-hydrogen) atoms. The molecule has 2 heterocycles. The van der Waals surface area contributed by atoms with Gasteiger partial charge in [-0.3, -0.25) is 9.59 Å². The number of ether oxygens (including phenoxy) is 1. The highest BCUT2D eigenvalue weighted by atomic mass is 16.5. The number of fused-ring (bicyclic) bond motifs is 1. The molecule has 0 spiro atoms. The van der Waals surface area contributed by atoms with E-state index in [0.717, 1.165) is 22.3 Å². The average Bonchev–Trinajstić information content (AvgIpc) is 3.18. The van der Waals surface area contributed by atoms with Crippen LogP contribution in [0.2, 0.25) is 0 Å². The number of aromatic nitrogens is 4. The monoisotopic (exact) mass is 403 g/mol. The quantitative estimate of drug-likeness (QED) is 0.510. The molecule has 0 saturated heterocycles. The number of carbonyl (C=O) groups excluding carboxylic acids is 1. The first kappa shape index (κ1) is 19.4. The molecule has 4 rings (SSSR count). The van der Waals surface area contributed by atoms with Crippen LogP contribution in [0.25, 0.3) is 22.3 Å². The van der Waals surface area contributed by atoms with Gasteiger partial charge in [0.05, 0.1) is 36.7 Å². The number of methoxy groups -OCH3 is 1. The van der Waals surface area contributed by atoms with Gasteiger partial charge in [-0.15, -0.1) is 0 Å². The molecule has 0 fully saturated rings. The molecule has 0 atom stereocenters. The van der Waals surface area contributed by atoms with Crippen LogP contribution in [0, 0.1) is 0 Å². The summed E-state index contributed by atoms with van der Waals surface area (Å²) in [5, 5.41) is 7.24. The smallest absolute Gasteiger partial charge is 0.266 e. The largest absolute Gasteiger partial charge is 0.497 e. The number of hydrogen-bond acceptors (Lipinski definition) is 5. The number of imidazole rings is 1. The van der Waals surface area contributed by atoms with E-state index in [4.69, 9.17) is 4.74 Å². The lowest BCUT2D eigenvalue weighted by molar-refractivity contribution is -0.121. The number of rotatable bonds is 7. The fraction of sp³-hybridized carbons (Fsp3) is 0.182. The first-order chi connectivity index (χ1) is 14.6. The fourth-order valence-electron chi connectivity index (χ4n) is 3.17. The summed E-state index contributed by atoms with van der Waals surface area (Å²) in [6, 6.07) is 18.2. The topological polar surface area (TPSA) is 91.0 Å². The Hall–Kier alpha value is -3.94. The Balaban J connectivity index is 1.38. The van der Waals surface area contributed by atoms with E-state index in [1.54, 1.807) is 24.1 Å². The lowest BCUT2D eigenvalue weighted by Crippen LogP contribution is -2.33. The van der Waals surface area contributed by atoms with Crippen LogP contribution in [0.4, 0.5) is 0 Å². The summed E-state index contributed by atoms with van der Waals surface area (Å²) in [6.07, 6.45) is 1.65. The Labute approximate surface area is 172 Å². The van der Waals surface area contributed by atoms with E-state index >= 15 is 0 Å². The summed E-state index contributed by atoms with van der Waals surface area (Å²) < 4.78 is 8.31. The third kappa shape index (κ3) is 4.22. The van der Waals surface area contributed by atoms with Gasteiger partial charge in [0, 0.05) is 18.2 Å². The van der Waals surface area contributed by atoms with Crippen LogP contribution in [0.5, 0.6) is 5.75 Å². The average molecular weight is 403 g/mol. The van der Waals surface area contributed by atoms with Crippen molar-refractivity contribution in [1.29, 1.82) is 0 Å². The molecule has 152 valence electrons. The molecule has 0 unspecified atom stereocenters. The van der Waals surface area contributed by atoms with E-state index in [-0.39, 0.29) is 24.6 Å². The number of para-hydroxylation sites is 2. The van der Waals surface area contributed by atoms with Gasteiger partial charge in [-0.1, -0.05) is 12.1 Å². The zero-order chi connectivity index (χ0) is 20.9. The Morgan fingerprint density at radius 2 is 1.87 bits per heavy atom. The van der Waals surface area contributed by atoms with E-state index in [0.29, 0.717) is 12.2 Å². The molecule has 0 saturated carbocycles. The van der Waals surface area contributed by atoms with Gasteiger partial charge >= 0.3 is 0 Å². The maximum absolute atomic E-state index is 12.3. The molecule has 0 bridgehead atoms. The fourth-order valence-corrected chi connectivity index (χ4v) is 3.17. The zero-order valence-electron chi connectivity index (χ0n) is 16.5. The lowest BCUT2D eigenvalue weighted by atomic mass is 10.1. The summed E-state index contributed by atoms with van der Waals surface area (Å²) in [5.74, 6) is 0.595. The minimum atomic E-state index is -0.220. The highest BCUT2D eigenvalue weighted by Gasteiger charge is 2.08. The van der Waals surface area contributed by atoms with Crippen LogP contribution in [0.15, 0.2) is 71.8 Å². The standard InChI is InChI=1S/C22H21N5O3/c1-30-17-8-6-16(7-9-17)18-10-11-22(29)27(25-18)13-12-23-21(28)14-26-15-24-19-4-2-3-5-20(19)26/h2-11,15H,12-14H2,1H3,(H,23,28). The number of nitrogens with zero attached hydrogens (tertiary/aromatic N) is 4. The number of amides is 1. The first-order valence-corrected chi connectivity index (χ1v) is 9.53. The summed E-state index contributed by atoms with van der Waals surface area (Å²) >= 11 is 0. The molecular weight excluding hydrogens is 382 g/mol. The molecule has 4 aromatic rings. The minimum absolute atomic E-state index is 0.155. The van der Waals surface area contributed by atoms with Crippen molar-refractivity contribution in [3.63, 3.8) is 0 Å². The number of hydrogen-bond donors (Lipinski definition) is 1. The molecule has 0 radical (unpaired) electrons. The van der Waals surface area contributed by atoms with Crippen molar-refractivity contribution in [3.05, 3.63) is 77.3 Å². The van der Waals surface area contributed by atoms with Crippen molar-refractivity contribution in [2.45, 2.75) is 13.1 Å². The Morgan fingerprint density at radius 1 is 1.07 bits per heavy atom. The van der Waals surface area contributed by atoms with Crippen LogP contribution in [-0.2, 0) is 17.9 Å². The van der Waals surface area contributed by atoms with Crippen molar-refractivity contribution in [2.24, 2.45) is 0 Å². The third-order valence-corrected chi connectivity index (χ3v) is 4.74. The van der Waals surface area contributed by atoms with Gasteiger partial charge in [-0.2, -0.15) is 5.10 Å². The molecule has 2 aromatic carbocycles. The SMILES string of the molecule is COc1ccc(-c2ccc(=O)n(CCNC(=O)Cn3cnc4ccccc43)n2)cc1. The second-order valence-electron chi connectivity index (χ2n) is 6.72. The van der Waals surface area contributed by atoms with Crippen molar-refractivity contribution >= 4 is 16.9 Å². The van der Waals surface area contributed by atoms with E-state index in [1.165, 1.54) is 10.7 Å². The summed E-state index contributed by atoms with van der Waals surface area (Å²) in [6.45, 7) is 0.735. The van der Waals surface area contributed by atoms with Crippen molar-refractivity contribution < 1.29 is 9.53 Å². The van der Waals surface area contributed by atoms with Crippen LogP contribution in [-0.4, -0.2) is 38.9 Å². The van der Waals surface area contributed by atoms with E-state index in [9.17, 15) is 9.59 Å². The highest BCUT2D eigenvalue weighted by Crippen LogP contribution is 2.19. The third-order valence-electron chi connectivity index (χ3n) is 4.74. The first-order valence-electron chi connectivity index (χ1n) is 9.53. The van der Waals surface area contributed by atoms with Gasteiger partial charge in [0.15, 0.2) is 0 Å². The van der Waals surface area contributed by atoms with Gasteiger partial charge in [0.2, 0.25) is 5.91 Å². The normalized spacial score (nSPS) is 10.8. The van der Waals surface area contributed by atoms with E-state index < -0.39 is 0 Å².